The molecule has 0 N–H and O–H groups in total. The molecule has 3 aliphatic rings. The fourth-order valence-electron chi connectivity index (χ4n) is 6.75. The molecule has 8 nitrogen and oxygen atoms in total. The van der Waals surface area contributed by atoms with Crippen LogP contribution < -0.4 is 4.74 Å². The van der Waals surface area contributed by atoms with Crippen LogP contribution in [0.25, 0.3) is 0 Å². The van der Waals surface area contributed by atoms with E-state index in [9.17, 15) is 19.2 Å². The predicted molar refractivity (Wildman–Crippen MR) is 120 cm³/mol. The molecule has 0 spiro atoms. The van der Waals surface area contributed by atoms with Gasteiger partial charge in [-0.2, -0.15) is 0 Å². The topological polar surface area (TPSA) is 105 Å². The van der Waals surface area contributed by atoms with Crippen molar-refractivity contribution < 1.29 is 38.1 Å². The minimum absolute atomic E-state index is 0.0617. The SMILES string of the molecule is CC(=O)Oc1ccc2c(c1)[C@@H](OC(C)=O)[C@H](OC(C)=O)[C@@H]1[C@@H]2CC[C@]2(C)[C@@H](OC(C)=O)CC[C@@H]12. The molecular weight excluding hydrogens is 440 g/mol. The number of esters is 4. The van der Waals surface area contributed by atoms with Crippen LogP contribution in [0.2, 0.25) is 0 Å². The van der Waals surface area contributed by atoms with Crippen LogP contribution in [0.1, 0.15) is 83.5 Å². The van der Waals surface area contributed by atoms with Gasteiger partial charge in [-0.15, -0.1) is 0 Å². The van der Waals surface area contributed by atoms with Gasteiger partial charge >= 0.3 is 23.9 Å². The summed E-state index contributed by atoms with van der Waals surface area (Å²) in [6.07, 6.45) is 1.49. The Hall–Kier alpha value is -2.90. The van der Waals surface area contributed by atoms with Crippen molar-refractivity contribution in [1.82, 2.24) is 0 Å². The molecule has 184 valence electrons. The summed E-state index contributed by atoms with van der Waals surface area (Å²) >= 11 is 0. The molecule has 0 amide bonds. The minimum Gasteiger partial charge on any atom is -0.462 e. The van der Waals surface area contributed by atoms with Crippen LogP contribution >= 0.6 is 0 Å². The molecule has 3 aliphatic carbocycles. The highest BCUT2D eigenvalue weighted by atomic mass is 16.6. The first-order valence-electron chi connectivity index (χ1n) is 11.8. The van der Waals surface area contributed by atoms with Gasteiger partial charge in [0.2, 0.25) is 0 Å². The molecule has 0 aliphatic heterocycles. The van der Waals surface area contributed by atoms with E-state index in [0.29, 0.717) is 11.3 Å². The highest BCUT2D eigenvalue weighted by Gasteiger charge is 2.61. The van der Waals surface area contributed by atoms with Crippen LogP contribution in [0.5, 0.6) is 5.75 Å². The van der Waals surface area contributed by atoms with E-state index in [-0.39, 0.29) is 35.2 Å². The maximum Gasteiger partial charge on any atom is 0.308 e. The zero-order valence-corrected chi connectivity index (χ0v) is 20.3. The highest BCUT2D eigenvalue weighted by molar-refractivity contribution is 5.70. The molecule has 1 aromatic carbocycles. The first-order chi connectivity index (χ1) is 16.0. The van der Waals surface area contributed by atoms with E-state index in [1.54, 1.807) is 12.1 Å². The molecule has 2 saturated carbocycles. The van der Waals surface area contributed by atoms with Crippen LogP contribution in [-0.4, -0.2) is 36.1 Å². The molecule has 8 heteroatoms. The van der Waals surface area contributed by atoms with Crippen molar-refractivity contribution in [3.05, 3.63) is 29.3 Å². The Labute approximate surface area is 199 Å². The van der Waals surface area contributed by atoms with Gasteiger partial charge in [0.15, 0.2) is 6.10 Å². The Morgan fingerprint density at radius 3 is 2.12 bits per heavy atom. The summed E-state index contributed by atoms with van der Waals surface area (Å²) in [6.45, 7) is 7.58. The van der Waals surface area contributed by atoms with E-state index in [4.69, 9.17) is 18.9 Å². The second kappa shape index (κ2) is 9.04. The molecule has 0 bridgehead atoms. The van der Waals surface area contributed by atoms with Gasteiger partial charge in [-0.3, -0.25) is 19.2 Å². The maximum absolute atomic E-state index is 12.2. The normalized spacial score (nSPS) is 33.6. The summed E-state index contributed by atoms with van der Waals surface area (Å²) < 4.78 is 22.7. The summed E-state index contributed by atoms with van der Waals surface area (Å²) in [4.78, 5) is 47.7. The number of carbonyl (C=O) groups excluding carboxylic acids is 4. The fraction of sp³-hybridized carbons (Fsp3) is 0.615. The molecule has 0 radical (unpaired) electrons. The van der Waals surface area contributed by atoms with Crippen LogP contribution in [0.4, 0.5) is 0 Å². The third kappa shape index (κ3) is 4.30. The lowest BCUT2D eigenvalue weighted by molar-refractivity contribution is -0.184. The molecule has 2 fully saturated rings. The second-order valence-electron chi connectivity index (χ2n) is 10.00. The molecule has 0 heterocycles. The quantitative estimate of drug-likeness (QED) is 0.368. The van der Waals surface area contributed by atoms with Gasteiger partial charge in [0.1, 0.15) is 18.0 Å². The number of hydrogen-bond acceptors (Lipinski definition) is 8. The average Bonchev–Trinajstić information content (AvgIpc) is 3.04. The summed E-state index contributed by atoms with van der Waals surface area (Å²) in [6, 6.07) is 5.38. The van der Waals surface area contributed by atoms with Gasteiger partial charge in [0, 0.05) is 44.6 Å². The molecule has 0 aromatic heterocycles. The molecule has 0 unspecified atom stereocenters. The van der Waals surface area contributed by atoms with Gasteiger partial charge < -0.3 is 18.9 Å². The van der Waals surface area contributed by atoms with Crippen molar-refractivity contribution in [2.24, 2.45) is 17.3 Å². The van der Waals surface area contributed by atoms with Crippen molar-refractivity contribution in [3.8, 4) is 5.75 Å². The second-order valence-corrected chi connectivity index (χ2v) is 10.00. The number of ether oxygens (including phenoxy) is 4. The molecule has 0 saturated heterocycles. The van der Waals surface area contributed by atoms with Gasteiger partial charge in [-0.1, -0.05) is 13.0 Å². The lowest BCUT2D eigenvalue weighted by atomic mass is 9.54. The van der Waals surface area contributed by atoms with Crippen molar-refractivity contribution in [2.75, 3.05) is 0 Å². The number of rotatable bonds is 4. The highest BCUT2D eigenvalue weighted by Crippen LogP contribution is 2.63. The van der Waals surface area contributed by atoms with Crippen molar-refractivity contribution in [3.63, 3.8) is 0 Å². The maximum atomic E-state index is 12.2. The third-order valence-corrected chi connectivity index (χ3v) is 7.85. The van der Waals surface area contributed by atoms with E-state index < -0.39 is 30.1 Å². The number of hydrogen-bond donors (Lipinski definition) is 0. The minimum atomic E-state index is -0.830. The molecule has 4 rings (SSSR count). The standard InChI is InChI=1S/C26H32O8/c1-13(27)31-17-6-7-18-19-10-11-26(5)21(8-9-22(26)32-14(2)28)23(19)25(34-16(4)30)24(20(18)12-17)33-15(3)29/h6-7,12,19,21-25H,8-11H2,1-5H3/t19-,21+,22+,23-,24-,25-,26+/m1/s1. The van der Waals surface area contributed by atoms with Crippen molar-refractivity contribution in [2.45, 2.75) is 84.5 Å². The van der Waals surface area contributed by atoms with E-state index in [1.165, 1.54) is 27.7 Å². The largest absolute Gasteiger partial charge is 0.462 e. The Morgan fingerprint density at radius 2 is 1.50 bits per heavy atom. The zero-order valence-electron chi connectivity index (χ0n) is 20.3. The van der Waals surface area contributed by atoms with Crippen molar-refractivity contribution in [1.29, 1.82) is 0 Å². The van der Waals surface area contributed by atoms with Crippen LogP contribution in [0, 0.1) is 17.3 Å². The Balaban J connectivity index is 1.82. The first-order valence-corrected chi connectivity index (χ1v) is 11.8. The lowest BCUT2D eigenvalue weighted by Gasteiger charge is -2.53. The van der Waals surface area contributed by atoms with Gasteiger partial charge in [-0.05, 0) is 55.2 Å². The Bertz CT molecular complexity index is 1020. The number of benzene rings is 1. The fourth-order valence-corrected chi connectivity index (χ4v) is 6.75. The van der Waals surface area contributed by atoms with Crippen molar-refractivity contribution >= 4 is 23.9 Å². The molecular formula is C26H32O8. The van der Waals surface area contributed by atoms with E-state index in [2.05, 4.69) is 6.92 Å². The molecule has 7 atom stereocenters. The lowest BCUT2D eigenvalue weighted by Crippen LogP contribution is -2.52. The zero-order chi connectivity index (χ0) is 24.8. The van der Waals surface area contributed by atoms with Gasteiger partial charge in [0.05, 0.1) is 0 Å². The van der Waals surface area contributed by atoms with E-state index >= 15 is 0 Å². The Morgan fingerprint density at radius 1 is 0.824 bits per heavy atom. The third-order valence-electron chi connectivity index (χ3n) is 7.85. The van der Waals surface area contributed by atoms with E-state index in [1.807, 2.05) is 6.07 Å². The smallest absolute Gasteiger partial charge is 0.308 e. The van der Waals surface area contributed by atoms with Crippen LogP contribution in [0.15, 0.2) is 18.2 Å². The van der Waals surface area contributed by atoms with E-state index in [0.717, 1.165) is 31.2 Å². The number of fused-ring (bicyclic) bond motifs is 5. The summed E-state index contributed by atoms with van der Waals surface area (Å²) in [5.74, 6) is -1.29. The summed E-state index contributed by atoms with van der Waals surface area (Å²) in [5, 5.41) is 0. The Kier molecular flexibility index (Phi) is 6.44. The van der Waals surface area contributed by atoms with Crippen LogP contribution in [-0.2, 0) is 33.4 Å². The number of carbonyl (C=O) groups is 4. The molecule has 1 aromatic rings. The van der Waals surface area contributed by atoms with Gasteiger partial charge in [-0.25, -0.2) is 0 Å². The monoisotopic (exact) mass is 472 g/mol. The molecule has 34 heavy (non-hydrogen) atoms. The summed E-state index contributed by atoms with van der Waals surface area (Å²) in [5.41, 5.74) is 1.44. The summed E-state index contributed by atoms with van der Waals surface area (Å²) in [7, 11) is 0. The first kappa shape index (κ1) is 24.2. The average molecular weight is 473 g/mol. The predicted octanol–water partition coefficient (Wildman–Crippen LogP) is 4.00. The van der Waals surface area contributed by atoms with Gasteiger partial charge in [0.25, 0.3) is 0 Å². The van der Waals surface area contributed by atoms with Crippen LogP contribution in [0.3, 0.4) is 0 Å².